The Hall–Kier alpha value is -1.62. The van der Waals surface area contributed by atoms with Gasteiger partial charge in [0, 0.05) is 17.1 Å². The molecule has 2 rings (SSSR count). The lowest BCUT2D eigenvalue weighted by Crippen LogP contribution is -2.07. The Bertz CT molecular complexity index is 605. The minimum absolute atomic E-state index is 0.0141. The van der Waals surface area contributed by atoms with Crippen molar-refractivity contribution in [2.24, 2.45) is 7.05 Å². The van der Waals surface area contributed by atoms with E-state index >= 15 is 0 Å². The van der Waals surface area contributed by atoms with Crippen LogP contribution in [0.15, 0.2) is 28.7 Å². The summed E-state index contributed by atoms with van der Waals surface area (Å²) in [4.78, 5) is 15.3. The maximum absolute atomic E-state index is 10.8. The summed E-state index contributed by atoms with van der Waals surface area (Å²) in [5.41, 5.74) is 2.44. The van der Waals surface area contributed by atoms with Gasteiger partial charge < -0.3 is 9.67 Å². The number of carboxylic acid groups (broad SMARTS) is 1. The van der Waals surface area contributed by atoms with Crippen molar-refractivity contribution >= 4 is 21.9 Å². The predicted molar refractivity (Wildman–Crippen MR) is 72.4 cm³/mol. The summed E-state index contributed by atoms with van der Waals surface area (Å²) in [6.45, 7) is 1.83. The van der Waals surface area contributed by atoms with Gasteiger partial charge in [0.25, 0.3) is 0 Å². The molecule has 0 bridgehead atoms. The highest BCUT2D eigenvalue weighted by atomic mass is 79.9. The zero-order chi connectivity index (χ0) is 13.3. The van der Waals surface area contributed by atoms with Gasteiger partial charge in [0.2, 0.25) is 0 Å². The largest absolute Gasteiger partial charge is 0.481 e. The Morgan fingerprint density at radius 2 is 2.11 bits per heavy atom. The van der Waals surface area contributed by atoms with E-state index in [1.54, 1.807) is 0 Å². The molecule has 1 heterocycles. The van der Waals surface area contributed by atoms with Crippen molar-refractivity contribution in [1.82, 2.24) is 9.55 Å². The van der Waals surface area contributed by atoms with Crippen LogP contribution in [-0.4, -0.2) is 20.6 Å². The van der Waals surface area contributed by atoms with Crippen LogP contribution in [0.2, 0.25) is 0 Å². The zero-order valence-corrected chi connectivity index (χ0v) is 11.7. The second-order valence-electron chi connectivity index (χ2n) is 4.08. The number of nitrogens with zero attached hydrogens (tertiary/aromatic N) is 2. The number of carbonyl (C=O) groups is 1. The quantitative estimate of drug-likeness (QED) is 0.948. The van der Waals surface area contributed by atoms with Gasteiger partial charge in [-0.05, 0) is 13.0 Å². The molecule has 0 aliphatic carbocycles. The lowest BCUT2D eigenvalue weighted by Gasteiger charge is -2.06. The molecule has 18 heavy (non-hydrogen) atoms. The van der Waals surface area contributed by atoms with Gasteiger partial charge in [-0.3, -0.25) is 4.79 Å². The van der Waals surface area contributed by atoms with Crippen molar-refractivity contribution in [3.05, 3.63) is 40.1 Å². The number of benzene rings is 1. The fourth-order valence-electron chi connectivity index (χ4n) is 1.94. The normalized spacial score (nSPS) is 10.6. The lowest BCUT2D eigenvalue weighted by atomic mass is 10.2. The molecule has 2 aromatic rings. The average Bonchev–Trinajstić information content (AvgIpc) is 2.57. The van der Waals surface area contributed by atoms with Gasteiger partial charge in [-0.15, -0.1) is 0 Å². The Labute approximate surface area is 113 Å². The lowest BCUT2D eigenvalue weighted by molar-refractivity contribution is -0.136. The fraction of sp³-hybridized carbons (Fsp3) is 0.231. The number of aliphatic carboxylic acids is 1. The third-order valence-electron chi connectivity index (χ3n) is 2.85. The molecule has 0 spiro atoms. The molecule has 0 unspecified atom stereocenters. The summed E-state index contributed by atoms with van der Waals surface area (Å²) in [5, 5.41) is 8.90. The van der Waals surface area contributed by atoms with Gasteiger partial charge >= 0.3 is 5.97 Å². The van der Waals surface area contributed by atoms with E-state index in [1.165, 1.54) is 0 Å². The van der Waals surface area contributed by atoms with Crippen LogP contribution < -0.4 is 0 Å². The van der Waals surface area contributed by atoms with Gasteiger partial charge in [0.1, 0.15) is 5.82 Å². The average molecular weight is 309 g/mol. The molecule has 0 aliphatic heterocycles. The minimum atomic E-state index is -0.847. The van der Waals surface area contributed by atoms with Crippen LogP contribution in [0.5, 0.6) is 0 Å². The highest BCUT2D eigenvalue weighted by Gasteiger charge is 2.16. The Kier molecular flexibility index (Phi) is 3.52. The maximum atomic E-state index is 10.8. The van der Waals surface area contributed by atoms with Crippen molar-refractivity contribution in [2.75, 3.05) is 0 Å². The van der Waals surface area contributed by atoms with Crippen molar-refractivity contribution < 1.29 is 9.90 Å². The number of imidazole rings is 1. The topological polar surface area (TPSA) is 55.1 Å². The van der Waals surface area contributed by atoms with Gasteiger partial charge in [0.05, 0.1) is 17.8 Å². The van der Waals surface area contributed by atoms with Crippen LogP contribution in [0.1, 0.15) is 11.4 Å². The summed E-state index contributed by atoms with van der Waals surface area (Å²) < 4.78 is 2.78. The molecule has 0 aliphatic rings. The highest BCUT2D eigenvalue weighted by Crippen LogP contribution is 2.28. The number of aromatic nitrogens is 2. The van der Waals surface area contributed by atoms with E-state index in [4.69, 9.17) is 5.11 Å². The molecule has 1 N–H and O–H groups in total. The number of hydrogen-bond donors (Lipinski definition) is 1. The summed E-state index contributed by atoms with van der Waals surface area (Å²) in [7, 11) is 1.84. The Morgan fingerprint density at radius 3 is 2.72 bits per heavy atom. The number of rotatable bonds is 3. The number of halogens is 1. The van der Waals surface area contributed by atoms with Crippen molar-refractivity contribution in [2.45, 2.75) is 13.3 Å². The molecule has 0 radical (unpaired) electrons. The first-order chi connectivity index (χ1) is 8.50. The van der Waals surface area contributed by atoms with Gasteiger partial charge in [-0.25, -0.2) is 4.98 Å². The van der Waals surface area contributed by atoms with Crippen LogP contribution in [-0.2, 0) is 18.3 Å². The third kappa shape index (κ3) is 2.31. The highest BCUT2D eigenvalue weighted by molar-refractivity contribution is 9.10. The molecule has 1 aromatic heterocycles. The molecule has 0 fully saturated rings. The van der Waals surface area contributed by atoms with E-state index in [2.05, 4.69) is 20.9 Å². The van der Waals surface area contributed by atoms with E-state index in [1.807, 2.05) is 42.8 Å². The maximum Gasteiger partial charge on any atom is 0.309 e. The third-order valence-corrected chi connectivity index (χ3v) is 3.54. The van der Waals surface area contributed by atoms with Crippen LogP contribution >= 0.6 is 15.9 Å². The van der Waals surface area contributed by atoms with Gasteiger partial charge in [0.15, 0.2) is 0 Å². The molecule has 5 heteroatoms. The molecular weight excluding hydrogens is 296 g/mol. The van der Waals surface area contributed by atoms with E-state index in [-0.39, 0.29) is 6.42 Å². The molecular formula is C13H13BrN2O2. The van der Waals surface area contributed by atoms with Crippen LogP contribution in [0.4, 0.5) is 0 Å². The molecule has 1 aromatic carbocycles. The van der Waals surface area contributed by atoms with Crippen molar-refractivity contribution in [3.8, 4) is 11.4 Å². The molecule has 94 valence electrons. The summed E-state index contributed by atoms with van der Waals surface area (Å²) in [6.07, 6.45) is -0.0141. The van der Waals surface area contributed by atoms with E-state index in [0.29, 0.717) is 0 Å². The molecule has 0 atom stereocenters. The number of carboxylic acids is 1. The minimum Gasteiger partial charge on any atom is -0.481 e. The van der Waals surface area contributed by atoms with Crippen molar-refractivity contribution in [1.29, 1.82) is 0 Å². The first-order valence-electron chi connectivity index (χ1n) is 5.49. The smallest absolute Gasteiger partial charge is 0.309 e. The summed E-state index contributed by atoms with van der Waals surface area (Å²) in [6, 6.07) is 7.76. The predicted octanol–water partition coefficient (Wildman–Crippen LogP) is 2.79. The van der Waals surface area contributed by atoms with E-state index < -0.39 is 5.97 Å². The van der Waals surface area contributed by atoms with E-state index in [9.17, 15) is 4.79 Å². The summed E-state index contributed by atoms with van der Waals surface area (Å²) in [5.74, 6) is -0.0731. The zero-order valence-electron chi connectivity index (χ0n) is 10.1. The number of hydrogen-bond acceptors (Lipinski definition) is 2. The molecule has 4 nitrogen and oxygen atoms in total. The monoisotopic (exact) mass is 308 g/mol. The second kappa shape index (κ2) is 4.94. The first-order valence-corrected chi connectivity index (χ1v) is 6.29. The van der Waals surface area contributed by atoms with Crippen LogP contribution in [0.25, 0.3) is 11.4 Å². The van der Waals surface area contributed by atoms with Gasteiger partial charge in [-0.1, -0.05) is 34.1 Å². The molecule has 0 saturated heterocycles. The SMILES string of the molecule is Cc1nc(-c2ccccc2Br)n(C)c1CC(=O)O. The molecule has 0 saturated carbocycles. The Balaban J connectivity index is 2.54. The standard InChI is InChI=1S/C13H13BrN2O2/c1-8-11(7-12(17)18)16(2)13(15-8)9-5-3-4-6-10(9)14/h3-6H,7H2,1-2H3,(H,17,18). The fourth-order valence-corrected chi connectivity index (χ4v) is 2.40. The molecule has 0 amide bonds. The van der Waals surface area contributed by atoms with Crippen LogP contribution in [0.3, 0.4) is 0 Å². The van der Waals surface area contributed by atoms with Crippen LogP contribution in [0, 0.1) is 6.92 Å². The van der Waals surface area contributed by atoms with Gasteiger partial charge in [-0.2, -0.15) is 0 Å². The first kappa shape index (κ1) is 12.8. The second-order valence-corrected chi connectivity index (χ2v) is 4.93. The van der Waals surface area contributed by atoms with E-state index in [0.717, 1.165) is 27.2 Å². The number of aryl methyl sites for hydroxylation is 1. The summed E-state index contributed by atoms with van der Waals surface area (Å²) >= 11 is 3.48. The Morgan fingerprint density at radius 1 is 1.44 bits per heavy atom. The van der Waals surface area contributed by atoms with Crippen molar-refractivity contribution in [3.63, 3.8) is 0 Å².